The van der Waals surface area contributed by atoms with Gasteiger partial charge in [0.25, 0.3) is 0 Å². The summed E-state index contributed by atoms with van der Waals surface area (Å²) in [4.78, 5) is 26.4. The van der Waals surface area contributed by atoms with E-state index >= 15 is 0 Å². The molecule has 0 radical (unpaired) electrons. The van der Waals surface area contributed by atoms with Gasteiger partial charge in [-0.3, -0.25) is 9.59 Å². The van der Waals surface area contributed by atoms with E-state index in [0.717, 1.165) is 5.56 Å². The van der Waals surface area contributed by atoms with Crippen LogP contribution in [-0.2, 0) is 0 Å². The Hall–Kier alpha value is -2.30. The van der Waals surface area contributed by atoms with E-state index in [1.165, 1.54) is 21.6 Å². The molecule has 2 atom stereocenters. The quantitative estimate of drug-likeness (QED) is 0.415. The van der Waals surface area contributed by atoms with E-state index in [1.54, 1.807) is 0 Å². The molecule has 0 spiro atoms. The standard InChI is InChI=1S/C23H18O2S2/c24-20(17-12-6-2-7-13-17)22-19(16-10-4-1-5-11-16)23(27-26-22)21(25)18-14-8-3-9-15-18/h1-15,19,22-23H. The zero-order chi connectivity index (χ0) is 18.6. The van der Waals surface area contributed by atoms with Crippen molar-refractivity contribution in [3.8, 4) is 0 Å². The third-order valence-electron chi connectivity index (χ3n) is 4.73. The maximum absolute atomic E-state index is 13.2. The third kappa shape index (κ3) is 3.73. The van der Waals surface area contributed by atoms with Crippen LogP contribution in [0.4, 0.5) is 0 Å². The molecule has 3 aromatic carbocycles. The van der Waals surface area contributed by atoms with Crippen molar-refractivity contribution in [3.63, 3.8) is 0 Å². The van der Waals surface area contributed by atoms with E-state index in [-0.39, 0.29) is 28.0 Å². The van der Waals surface area contributed by atoms with Crippen LogP contribution in [0.25, 0.3) is 0 Å². The van der Waals surface area contributed by atoms with Crippen molar-refractivity contribution in [1.82, 2.24) is 0 Å². The lowest BCUT2D eigenvalue weighted by Gasteiger charge is -2.22. The van der Waals surface area contributed by atoms with Crippen molar-refractivity contribution in [2.75, 3.05) is 0 Å². The second kappa shape index (κ2) is 8.15. The molecule has 2 nitrogen and oxygen atoms in total. The van der Waals surface area contributed by atoms with Gasteiger partial charge in [-0.05, 0) is 5.56 Å². The monoisotopic (exact) mass is 390 g/mol. The molecular formula is C23H18O2S2. The minimum atomic E-state index is -0.280. The second-order valence-electron chi connectivity index (χ2n) is 6.43. The summed E-state index contributed by atoms with van der Waals surface area (Å²) in [5, 5.41) is -0.560. The summed E-state index contributed by atoms with van der Waals surface area (Å²) in [5.74, 6) is 0.0252. The highest BCUT2D eigenvalue weighted by molar-refractivity contribution is 8.78. The maximum atomic E-state index is 13.2. The van der Waals surface area contributed by atoms with Crippen LogP contribution in [-0.4, -0.2) is 22.1 Å². The fourth-order valence-corrected chi connectivity index (χ4v) is 6.98. The van der Waals surface area contributed by atoms with Gasteiger partial charge in [0, 0.05) is 17.0 Å². The highest BCUT2D eigenvalue weighted by atomic mass is 33.1. The molecule has 1 fully saturated rings. The molecule has 0 aliphatic carbocycles. The van der Waals surface area contributed by atoms with Gasteiger partial charge in [0.2, 0.25) is 0 Å². The average molecular weight is 391 g/mol. The highest BCUT2D eigenvalue weighted by Gasteiger charge is 2.46. The van der Waals surface area contributed by atoms with E-state index in [2.05, 4.69) is 0 Å². The van der Waals surface area contributed by atoms with Gasteiger partial charge < -0.3 is 0 Å². The van der Waals surface area contributed by atoms with E-state index in [0.29, 0.717) is 11.1 Å². The molecular weight excluding hydrogens is 372 g/mol. The minimum Gasteiger partial charge on any atom is -0.293 e. The van der Waals surface area contributed by atoms with Gasteiger partial charge in [0.15, 0.2) is 11.6 Å². The Kier molecular flexibility index (Phi) is 5.46. The van der Waals surface area contributed by atoms with Gasteiger partial charge in [-0.15, -0.1) is 0 Å². The normalized spacial score (nSPS) is 21.7. The van der Waals surface area contributed by atoms with Crippen LogP contribution in [0.5, 0.6) is 0 Å². The van der Waals surface area contributed by atoms with Crippen LogP contribution in [0.1, 0.15) is 32.2 Å². The molecule has 134 valence electrons. The minimum absolute atomic E-state index is 0.0883. The van der Waals surface area contributed by atoms with Crippen molar-refractivity contribution in [2.45, 2.75) is 16.4 Å². The maximum Gasteiger partial charge on any atom is 0.177 e. The van der Waals surface area contributed by atoms with Crippen LogP contribution in [0, 0.1) is 0 Å². The zero-order valence-corrected chi connectivity index (χ0v) is 16.2. The number of rotatable bonds is 5. The number of hydrogen-bond acceptors (Lipinski definition) is 4. The van der Waals surface area contributed by atoms with Crippen LogP contribution in [0.15, 0.2) is 91.0 Å². The molecule has 0 N–H and O–H groups in total. The van der Waals surface area contributed by atoms with Gasteiger partial charge in [-0.2, -0.15) is 0 Å². The Morgan fingerprint density at radius 2 is 0.926 bits per heavy atom. The number of Topliss-reactive ketones (excluding diaryl/α,β-unsaturated/α-hetero) is 2. The largest absolute Gasteiger partial charge is 0.293 e. The molecule has 1 aliphatic heterocycles. The van der Waals surface area contributed by atoms with E-state index in [9.17, 15) is 9.59 Å². The van der Waals surface area contributed by atoms with Crippen LogP contribution in [0.2, 0.25) is 0 Å². The van der Waals surface area contributed by atoms with Crippen LogP contribution < -0.4 is 0 Å². The van der Waals surface area contributed by atoms with Crippen molar-refractivity contribution < 1.29 is 9.59 Å². The van der Waals surface area contributed by atoms with Gasteiger partial charge in [0.05, 0.1) is 10.5 Å². The molecule has 1 aliphatic rings. The molecule has 27 heavy (non-hydrogen) atoms. The first-order valence-electron chi connectivity index (χ1n) is 8.81. The Labute approximate surface area is 166 Å². The first-order valence-corrected chi connectivity index (χ1v) is 11.1. The predicted molar refractivity (Wildman–Crippen MR) is 113 cm³/mol. The molecule has 4 rings (SSSR count). The molecule has 0 amide bonds. The smallest absolute Gasteiger partial charge is 0.177 e. The summed E-state index contributed by atoms with van der Waals surface area (Å²) >= 11 is 0. The lowest BCUT2D eigenvalue weighted by Crippen LogP contribution is -2.31. The molecule has 0 bridgehead atoms. The van der Waals surface area contributed by atoms with Crippen molar-refractivity contribution in [1.29, 1.82) is 0 Å². The summed E-state index contributed by atoms with van der Waals surface area (Å²) < 4.78 is 0. The fourth-order valence-electron chi connectivity index (χ4n) is 3.37. The van der Waals surface area contributed by atoms with Crippen molar-refractivity contribution in [2.24, 2.45) is 0 Å². The number of hydrogen-bond donors (Lipinski definition) is 0. The predicted octanol–water partition coefficient (Wildman–Crippen LogP) is 5.67. The summed E-state index contributed by atoms with van der Waals surface area (Å²) in [6, 6.07) is 28.7. The Balaban J connectivity index is 1.71. The van der Waals surface area contributed by atoms with Gasteiger partial charge in [-0.25, -0.2) is 0 Å². The molecule has 0 aromatic heterocycles. The second-order valence-corrected chi connectivity index (χ2v) is 8.99. The Morgan fingerprint density at radius 1 is 0.556 bits per heavy atom. The summed E-state index contributed by atoms with van der Waals surface area (Å²) in [7, 11) is 3.05. The Morgan fingerprint density at radius 3 is 1.33 bits per heavy atom. The molecule has 3 aromatic rings. The number of ketones is 2. The van der Waals surface area contributed by atoms with E-state index in [1.807, 2.05) is 91.0 Å². The van der Waals surface area contributed by atoms with Crippen LogP contribution in [0.3, 0.4) is 0 Å². The molecule has 1 heterocycles. The lowest BCUT2D eigenvalue weighted by atomic mass is 9.85. The van der Waals surface area contributed by atoms with Gasteiger partial charge in [0.1, 0.15) is 0 Å². The highest BCUT2D eigenvalue weighted by Crippen LogP contribution is 2.54. The summed E-state index contributed by atoms with van der Waals surface area (Å²) in [5.41, 5.74) is 2.44. The molecule has 4 heteroatoms. The number of carbonyl (C=O) groups is 2. The first kappa shape index (κ1) is 18.1. The van der Waals surface area contributed by atoms with Gasteiger partial charge in [-0.1, -0.05) is 113 Å². The first-order chi connectivity index (χ1) is 13.3. The van der Waals surface area contributed by atoms with Crippen molar-refractivity contribution >= 4 is 33.2 Å². The SMILES string of the molecule is O=C(c1ccccc1)C1SSC(C(=O)c2ccccc2)C1c1ccccc1. The van der Waals surface area contributed by atoms with Crippen molar-refractivity contribution in [3.05, 3.63) is 108 Å². The Bertz CT molecular complexity index is 867. The van der Waals surface area contributed by atoms with Gasteiger partial charge >= 0.3 is 0 Å². The third-order valence-corrected chi connectivity index (χ3v) is 7.85. The average Bonchev–Trinajstić information content (AvgIpc) is 3.19. The summed E-state index contributed by atoms with van der Waals surface area (Å²) in [6.45, 7) is 0. The zero-order valence-electron chi connectivity index (χ0n) is 14.5. The lowest BCUT2D eigenvalue weighted by molar-refractivity contribution is 0.0958. The number of benzene rings is 3. The molecule has 2 unspecified atom stereocenters. The summed E-state index contributed by atoms with van der Waals surface area (Å²) in [6.07, 6.45) is 0. The van der Waals surface area contributed by atoms with Crippen LogP contribution >= 0.6 is 21.6 Å². The van der Waals surface area contributed by atoms with E-state index < -0.39 is 0 Å². The number of carbonyl (C=O) groups excluding carboxylic acids is 2. The molecule has 0 saturated carbocycles. The topological polar surface area (TPSA) is 34.1 Å². The fraction of sp³-hybridized carbons (Fsp3) is 0.130. The molecule has 1 saturated heterocycles. The van der Waals surface area contributed by atoms with E-state index in [4.69, 9.17) is 0 Å².